The first-order chi connectivity index (χ1) is 21.7. The summed E-state index contributed by atoms with van der Waals surface area (Å²) in [4.78, 5) is 26.3. The maximum atomic E-state index is 13.5. The van der Waals surface area contributed by atoms with E-state index in [9.17, 15) is 28.4 Å². The van der Waals surface area contributed by atoms with Crippen molar-refractivity contribution in [3.05, 3.63) is 118 Å². The molecular weight excluding hydrogens is 590 g/mol. The molecular formula is C35H43N3O6S. The number of nitrogens with zero attached hydrogens (tertiary/aromatic N) is 3. The molecule has 0 spiro atoms. The van der Waals surface area contributed by atoms with Gasteiger partial charge in [-0.3, -0.25) is 10.1 Å². The SMILES string of the molecule is CCC(CC(CCN1CCC(C=CCN(Cc2ccc([N+](=O)[O-])cc2)C(=O)O)CC1)c1ccccc1)S(=O)(=O)c1ccccc1. The van der Waals surface area contributed by atoms with E-state index in [1.54, 1.807) is 36.4 Å². The fraction of sp³-hybridized carbons (Fsp3) is 0.400. The fourth-order valence-electron chi connectivity index (χ4n) is 6.02. The Morgan fingerprint density at radius 1 is 1.02 bits per heavy atom. The van der Waals surface area contributed by atoms with Gasteiger partial charge in [0.05, 0.1) is 15.1 Å². The van der Waals surface area contributed by atoms with Crippen LogP contribution in [0.4, 0.5) is 10.5 Å². The first-order valence-electron chi connectivity index (χ1n) is 15.6. The van der Waals surface area contributed by atoms with Gasteiger partial charge in [-0.15, -0.1) is 0 Å². The standard InChI is InChI=1S/C35H43N3O6S/c1-2-33(45(43,44)34-13-7-4-8-14-34)26-31(30-11-5-3-6-12-30)21-25-36-23-19-28(20-24-36)10-9-22-37(35(39)40)27-29-15-17-32(18-16-29)38(41)42/h3-18,28,31,33H,2,19-27H2,1H3,(H,39,40). The molecule has 10 heteroatoms. The molecule has 9 nitrogen and oxygen atoms in total. The average molecular weight is 634 g/mol. The zero-order valence-corrected chi connectivity index (χ0v) is 26.6. The summed E-state index contributed by atoms with van der Waals surface area (Å²) in [6.45, 7) is 5.11. The van der Waals surface area contributed by atoms with Crippen LogP contribution in [0.25, 0.3) is 0 Å². The van der Waals surface area contributed by atoms with E-state index in [0.29, 0.717) is 29.2 Å². The summed E-state index contributed by atoms with van der Waals surface area (Å²) in [5.41, 5.74) is 1.85. The van der Waals surface area contributed by atoms with Crippen LogP contribution in [-0.4, -0.2) is 65.8 Å². The molecule has 1 fully saturated rings. The van der Waals surface area contributed by atoms with Crippen LogP contribution < -0.4 is 0 Å². The molecule has 1 heterocycles. The molecule has 4 rings (SSSR count). The van der Waals surface area contributed by atoms with Crippen molar-refractivity contribution in [1.29, 1.82) is 0 Å². The molecule has 2 atom stereocenters. The molecule has 3 aromatic rings. The summed E-state index contributed by atoms with van der Waals surface area (Å²) >= 11 is 0. The Morgan fingerprint density at radius 2 is 1.64 bits per heavy atom. The molecule has 1 N–H and O–H groups in total. The molecule has 240 valence electrons. The van der Waals surface area contributed by atoms with Crippen molar-refractivity contribution in [2.75, 3.05) is 26.2 Å². The Kier molecular flexibility index (Phi) is 12.3. The number of piperidine rings is 1. The molecule has 0 aromatic heterocycles. The summed E-state index contributed by atoms with van der Waals surface area (Å²) in [6.07, 6.45) is 6.94. The molecule has 0 bridgehead atoms. The zero-order chi connectivity index (χ0) is 32.2. The molecule has 3 aromatic carbocycles. The highest BCUT2D eigenvalue weighted by Gasteiger charge is 2.30. The second kappa shape index (κ2) is 16.3. The Bertz CT molecular complexity index is 1510. The van der Waals surface area contributed by atoms with E-state index in [1.165, 1.54) is 22.6 Å². The van der Waals surface area contributed by atoms with Crippen molar-refractivity contribution >= 4 is 21.6 Å². The number of rotatable bonds is 15. The number of non-ortho nitro benzene ring substituents is 1. The second-order valence-corrected chi connectivity index (χ2v) is 13.9. The Morgan fingerprint density at radius 3 is 2.22 bits per heavy atom. The fourth-order valence-corrected chi connectivity index (χ4v) is 7.87. The number of hydrogen-bond acceptors (Lipinski definition) is 6. The lowest BCUT2D eigenvalue weighted by atomic mass is 9.89. The van der Waals surface area contributed by atoms with Crippen molar-refractivity contribution in [2.45, 2.75) is 61.6 Å². The lowest BCUT2D eigenvalue weighted by Crippen LogP contribution is -2.35. The van der Waals surface area contributed by atoms with Gasteiger partial charge in [0.1, 0.15) is 0 Å². The van der Waals surface area contributed by atoms with Crippen LogP contribution in [0.2, 0.25) is 0 Å². The number of likely N-dealkylation sites (tertiary alicyclic amines) is 1. The van der Waals surface area contributed by atoms with E-state index in [2.05, 4.69) is 23.1 Å². The predicted molar refractivity (Wildman–Crippen MR) is 176 cm³/mol. The maximum absolute atomic E-state index is 13.5. The number of carbonyl (C=O) groups is 1. The Labute approximate surface area is 266 Å². The van der Waals surface area contributed by atoms with Crippen molar-refractivity contribution in [2.24, 2.45) is 5.92 Å². The first kappa shape index (κ1) is 33.9. The molecule has 1 saturated heterocycles. The van der Waals surface area contributed by atoms with E-state index in [1.807, 2.05) is 37.3 Å². The largest absolute Gasteiger partial charge is 0.465 e. The minimum atomic E-state index is -3.43. The summed E-state index contributed by atoms with van der Waals surface area (Å²) in [7, 11) is -3.43. The summed E-state index contributed by atoms with van der Waals surface area (Å²) in [5, 5.41) is 20.1. The van der Waals surface area contributed by atoms with Gasteiger partial charge in [0.15, 0.2) is 9.84 Å². The van der Waals surface area contributed by atoms with Crippen LogP contribution >= 0.6 is 0 Å². The van der Waals surface area contributed by atoms with Gasteiger partial charge < -0.3 is 14.9 Å². The molecule has 1 aliphatic rings. The lowest BCUT2D eigenvalue weighted by molar-refractivity contribution is -0.384. The second-order valence-electron chi connectivity index (χ2n) is 11.7. The third kappa shape index (κ3) is 9.73. The van der Waals surface area contributed by atoms with Crippen LogP contribution in [0.3, 0.4) is 0 Å². The van der Waals surface area contributed by atoms with E-state index < -0.39 is 26.1 Å². The monoisotopic (exact) mass is 633 g/mol. The summed E-state index contributed by atoms with van der Waals surface area (Å²) in [5.74, 6) is 0.492. The summed E-state index contributed by atoms with van der Waals surface area (Å²) in [6, 6.07) is 24.9. The number of nitro groups is 1. The first-order valence-corrected chi connectivity index (χ1v) is 17.2. The van der Waals surface area contributed by atoms with Crippen molar-refractivity contribution in [1.82, 2.24) is 9.80 Å². The van der Waals surface area contributed by atoms with Crippen LogP contribution in [0, 0.1) is 16.0 Å². The third-order valence-corrected chi connectivity index (χ3v) is 11.1. The Balaban J connectivity index is 1.29. The highest BCUT2D eigenvalue weighted by atomic mass is 32.2. The van der Waals surface area contributed by atoms with Gasteiger partial charge in [0, 0.05) is 25.2 Å². The van der Waals surface area contributed by atoms with Crippen LogP contribution in [0.15, 0.2) is 102 Å². The minimum Gasteiger partial charge on any atom is -0.465 e. The van der Waals surface area contributed by atoms with Gasteiger partial charge in [0.2, 0.25) is 0 Å². The van der Waals surface area contributed by atoms with E-state index in [4.69, 9.17) is 0 Å². The molecule has 0 radical (unpaired) electrons. The number of benzene rings is 3. The van der Waals surface area contributed by atoms with Gasteiger partial charge >= 0.3 is 6.09 Å². The van der Waals surface area contributed by atoms with E-state index in [0.717, 1.165) is 38.9 Å². The van der Waals surface area contributed by atoms with Gasteiger partial charge in [-0.2, -0.15) is 0 Å². The average Bonchev–Trinajstić information content (AvgIpc) is 3.06. The molecule has 1 aliphatic heterocycles. The van der Waals surface area contributed by atoms with Crippen molar-refractivity contribution in [3.8, 4) is 0 Å². The molecule has 2 unspecified atom stereocenters. The van der Waals surface area contributed by atoms with Crippen LogP contribution in [0.5, 0.6) is 0 Å². The minimum absolute atomic E-state index is 0.0244. The normalized spacial score (nSPS) is 15.9. The number of hydrogen-bond donors (Lipinski definition) is 1. The molecule has 0 saturated carbocycles. The quantitative estimate of drug-likeness (QED) is 0.107. The van der Waals surface area contributed by atoms with E-state index >= 15 is 0 Å². The van der Waals surface area contributed by atoms with Gasteiger partial charge in [-0.1, -0.05) is 79.7 Å². The number of amides is 1. The lowest BCUT2D eigenvalue weighted by Gasteiger charge is -2.32. The highest BCUT2D eigenvalue weighted by molar-refractivity contribution is 7.92. The van der Waals surface area contributed by atoms with Crippen molar-refractivity contribution in [3.63, 3.8) is 0 Å². The maximum Gasteiger partial charge on any atom is 0.407 e. The number of sulfone groups is 1. The van der Waals surface area contributed by atoms with Gasteiger partial charge in [-0.25, -0.2) is 13.2 Å². The number of carboxylic acid groups (broad SMARTS) is 1. The van der Waals surface area contributed by atoms with Gasteiger partial charge in [0.25, 0.3) is 5.69 Å². The summed E-state index contributed by atoms with van der Waals surface area (Å²) < 4.78 is 27.0. The number of nitro benzene ring substituents is 1. The molecule has 0 aliphatic carbocycles. The number of allylic oxidation sites excluding steroid dienone is 1. The molecule has 1 amide bonds. The predicted octanol–water partition coefficient (Wildman–Crippen LogP) is 7.16. The van der Waals surface area contributed by atoms with Crippen molar-refractivity contribution < 1.29 is 23.2 Å². The zero-order valence-electron chi connectivity index (χ0n) is 25.8. The highest BCUT2D eigenvalue weighted by Crippen LogP contribution is 2.32. The smallest absolute Gasteiger partial charge is 0.407 e. The Hall–Kier alpha value is -4.02. The van der Waals surface area contributed by atoms with Gasteiger partial charge in [-0.05, 0) is 86.8 Å². The topological polar surface area (TPSA) is 121 Å². The molecule has 45 heavy (non-hydrogen) atoms. The van der Waals surface area contributed by atoms with Crippen LogP contribution in [0.1, 0.15) is 56.1 Å². The van der Waals surface area contributed by atoms with Crippen LogP contribution in [-0.2, 0) is 16.4 Å². The third-order valence-electron chi connectivity index (χ3n) is 8.74. The van der Waals surface area contributed by atoms with E-state index in [-0.39, 0.29) is 24.7 Å².